The molecule has 23 heavy (non-hydrogen) atoms. The molecule has 0 bridgehead atoms. The minimum absolute atomic E-state index is 0.114. The number of carbonyl (C=O) groups excluding carboxylic acids is 1. The Morgan fingerprint density at radius 3 is 2.04 bits per heavy atom. The van der Waals surface area contributed by atoms with Crippen LogP contribution in [-0.4, -0.2) is 72.5 Å². The van der Waals surface area contributed by atoms with Crippen molar-refractivity contribution in [2.24, 2.45) is 11.8 Å². The zero-order chi connectivity index (χ0) is 17.0. The summed E-state index contributed by atoms with van der Waals surface area (Å²) in [5, 5.41) is 0. The number of amides is 1. The number of likely N-dealkylation sites (tertiary alicyclic amines) is 2. The van der Waals surface area contributed by atoms with E-state index in [4.69, 9.17) is 0 Å². The first-order chi connectivity index (χ1) is 10.9. The number of hydrogen-bond acceptors (Lipinski definition) is 3. The molecule has 0 spiro atoms. The Morgan fingerprint density at radius 2 is 1.57 bits per heavy atom. The zero-order valence-corrected chi connectivity index (χ0v) is 15.9. The van der Waals surface area contributed by atoms with Crippen molar-refractivity contribution in [3.05, 3.63) is 0 Å². The highest BCUT2D eigenvalue weighted by Gasteiger charge is 2.31. The van der Waals surface area contributed by atoms with Gasteiger partial charge in [-0.2, -0.15) is 0 Å². The maximum absolute atomic E-state index is 12.2. The minimum Gasteiger partial charge on any atom is -0.342 e. The van der Waals surface area contributed by atoms with Crippen LogP contribution in [0.25, 0.3) is 0 Å². The molecule has 0 radical (unpaired) electrons. The molecule has 4 nitrogen and oxygen atoms in total. The maximum atomic E-state index is 12.2. The minimum atomic E-state index is 0.114. The number of hydrogen-bond donors (Lipinski definition) is 0. The second-order valence-electron chi connectivity index (χ2n) is 8.30. The lowest BCUT2D eigenvalue weighted by atomic mass is 9.96. The Labute approximate surface area is 143 Å². The average molecular weight is 324 g/mol. The quantitative estimate of drug-likeness (QED) is 0.778. The Balaban J connectivity index is 1.74. The van der Waals surface area contributed by atoms with Gasteiger partial charge in [-0.3, -0.25) is 4.79 Å². The summed E-state index contributed by atoms with van der Waals surface area (Å²) in [5.41, 5.74) is 0. The standard InChI is InChI=1S/C19H37N3O/c1-15(2)14-21-10-6-18(7-11-21)22-12-8-17(9-13-22)20(5)19(23)16(3)4/h15-18H,6-14H2,1-5H3. The molecule has 2 heterocycles. The van der Waals surface area contributed by atoms with Gasteiger partial charge in [-0.25, -0.2) is 0 Å². The molecule has 0 aliphatic carbocycles. The van der Waals surface area contributed by atoms with E-state index in [1.807, 2.05) is 25.8 Å². The van der Waals surface area contributed by atoms with Crippen molar-refractivity contribution in [3.8, 4) is 0 Å². The van der Waals surface area contributed by atoms with Crippen molar-refractivity contribution in [2.75, 3.05) is 39.8 Å². The van der Waals surface area contributed by atoms with Crippen molar-refractivity contribution in [1.29, 1.82) is 0 Å². The predicted octanol–water partition coefficient (Wildman–Crippen LogP) is 2.69. The fourth-order valence-corrected chi connectivity index (χ4v) is 4.21. The molecule has 0 aromatic carbocycles. The fraction of sp³-hybridized carbons (Fsp3) is 0.947. The molecular weight excluding hydrogens is 286 g/mol. The van der Waals surface area contributed by atoms with Crippen LogP contribution in [0.15, 0.2) is 0 Å². The fourth-order valence-electron chi connectivity index (χ4n) is 4.21. The van der Waals surface area contributed by atoms with Crippen molar-refractivity contribution < 1.29 is 4.79 Å². The molecule has 1 amide bonds. The summed E-state index contributed by atoms with van der Waals surface area (Å²) in [4.78, 5) is 19.5. The van der Waals surface area contributed by atoms with Crippen LogP contribution in [0.4, 0.5) is 0 Å². The summed E-state index contributed by atoms with van der Waals surface area (Å²) in [5.74, 6) is 1.19. The Kier molecular flexibility index (Phi) is 6.90. The number of nitrogens with zero attached hydrogens (tertiary/aromatic N) is 3. The third-order valence-electron chi connectivity index (χ3n) is 5.59. The van der Waals surface area contributed by atoms with E-state index >= 15 is 0 Å². The van der Waals surface area contributed by atoms with Crippen LogP contribution in [0.3, 0.4) is 0 Å². The largest absolute Gasteiger partial charge is 0.342 e. The Morgan fingerprint density at radius 1 is 1.00 bits per heavy atom. The molecule has 2 fully saturated rings. The molecule has 2 rings (SSSR count). The van der Waals surface area contributed by atoms with Gasteiger partial charge in [0.2, 0.25) is 5.91 Å². The van der Waals surface area contributed by atoms with E-state index in [0.717, 1.165) is 37.9 Å². The number of carbonyl (C=O) groups is 1. The van der Waals surface area contributed by atoms with E-state index in [1.54, 1.807) is 0 Å². The van der Waals surface area contributed by atoms with Crippen LogP contribution in [0.2, 0.25) is 0 Å². The second kappa shape index (κ2) is 8.48. The van der Waals surface area contributed by atoms with E-state index in [9.17, 15) is 4.79 Å². The maximum Gasteiger partial charge on any atom is 0.225 e. The lowest BCUT2D eigenvalue weighted by Crippen LogP contribution is -2.52. The molecule has 0 aromatic heterocycles. The monoisotopic (exact) mass is 323 g/mol. The van der Waals surface area contributed by atoms with Gasteiger partial charge in [0.05, 0.1) is 0 Å². The molecule has 0 unspecified atom stereocenters. The highest BCUT2D eigenvalue weighted by Crippen LogP contribution is 2.24. The van der Waals surface area contributed by atoms with Crippen LogP contribution < -0.4 is 0 Å². The van der Waals surface area contributed by atoms with Gasteiger partial charge in [-0.05, 0) is 44.7 Å². The summed E-state index contributed by atoms with van der Waals surface area (Å²) in [6.45, 7) is 14.7. The van der Waals surface area contributed by atoms with E-state index in [-0.39, 0.29) is 5.92 Å². The summed E-state index contributed by atoms with van der Waals surface area (Å²) in [7, 11) is 1.99. The molecule has 0 N–H and O–H groups in total. The van der Waals surface area contributed by atoms with Crippen LogP contribution >= 0.6 is 0 Å². The van der Waals surface area contributed by atoms with Gasteiger partial charge in [0, 0.05) is 44.7 Å². The third-order valence-corrected chi connectivity index (χ3v) is 5.59. The van der Waals surface area contributed by atoms with E-state index in [0.29, 0.717) is 11.9 Å². The molecule has 0 aromatic rings. The van der Waals surface area contributed by atoms with Crippen molar-refractivity contribution in [2.45, 2.75) is 65.5 Å². The molecule has 2 aliphatic rings. The molecule has 0 saturated carbocycles. The van der Waals surface area contributed by atoms with Gasteiger partial charge in [-0.15, -0.1) is 0 Å². The first-order valence-electron chi connectivity index (χ1n) is 9.61. The molecule has 4 heteroatoms. The van der Waals surface area contributed by atoms with E-state index in [2.05, 4.69) is 23.6 Å². The normalized spacial score (nSPS) is 22.9. The zero-order valence-electron chi connectivity index (χ0n) is 15.9. The van der Waals surface area contributed by atoms with Gasteiger partial charge < -0.3 is 14.7 Å². The summed E-state index contributed by atoms with van der Waals surface area (Å²) in [6.07, 6.45) is 4.92. The van der Waals surface area contributed by atoms with Crippen LogP contribution in [0, 0.1) is 11.8 Å². The topological polar surface area (TPSA) is 26.8 Å². The van der Waals surface area contributed by atoms with Gasteiger partial charge in [0.15, 0.2) is 0 Å². The van der Waals surface area contributed by atoms with E-state index < -0.39 is 0 Å². The summed E-state index contributed by atoms with van der Waals surface area (Å²) >= 11 is 0. The summed E-state index contributed by atoms with van der Waals surface area (Å²) < 4.78 is 0. The van der Waals surface area contributed by atoms with Crippen molar-refractivity contribution >= 4 is 5.91 Å². The van der Waals surface area contributed by atoms with Crippen LogP contribution in [0.1, 0.15) is 53.4 Å². The second-order valence-corrected chi connectivity index (χ2v) is 8.30. The molecule has 2 aliphatic heterocycles. The van der Waals surface area contributed by atoms with Gasteiger partial charge in [-0.1, -0.05) is 27.7 Å². The van der Waals surface area contributed by atoms with Gasteiger partial charge >= 0.3 is 0 Å². The van der Waals surface area contributed by atoms with Crippen molar-refractivity contribution in [1.82, 2.24) is 14.7 Å². The van der Waals surface area contributed by atoms with Gasteiger partial charge in [0.1, 0.15) is 0 Å². The SMILES string of the molecule is CC(C)CN1CCC(N2CCC(N(C)C(=O)C(C)C)CC2)CC1. The van der Waals surface area contributed by atoms with Crippen LogP contribution in [-0.2, 0) is 4.79 Å². The first-order valence-corrected chi connectivity index (χ1v) is 9.61. The molecule has 0 atom stereocenters. The Bertz CT molecular complexity index is 367. The van der Waals surface area contributed by atoms with E-state index in [1.165, 1.54) is 32.5 Å². The predicted molar refractivity (Wildman–Crippen MR) is 96.5 cm³/mol. The van der Waals surface area contributed by atoms with Crippen LogP contribution in [0.5, 0.6) is 0 Å². The third kappa shape index (κ3) is 5.18. The first kappa shape index (κ1) is 18.7. The smallest absolute Gasteiger partial charge is 0.225 e. The highest BCUT2D eigenvalue weighted by atomic mass is 16.2. The summed E-state index contributed by atoms with van der Waals surface area (Å²) in [6, 6.07) is 1.22. The lowest BCUT2D eigenvalue weighted by molar-refractivity contribution is -0.136. The highest BCUT2D eigenvalue weighted by molar-refractivity contribution is 5.78. The Hall–Kier alpha value is -0.610. The molecular formula is C19H37N3O. The molecule has 2 saturated heterocycles. The lowest BCUT2D eigenvalue weighted by Gasteiger charge is -2.43. The molecule has 134 valence electrons. The van der Waals surface area contributed by atoms with Crippen molar-refractivity contribution in [3.63, 3.8) is 0 Å². The number of piperidine rings is 2. The number of rotatable bonds is 5. The van der Waals surface area contributed by atoms with Gasteiger partial charge in [0.25, 0.3) is 0 Å². The average Bonchev–Trinajstić information content (AvgIpc) is 2.53.